The summed E-state index contributed by atoms with van der Waals surface area (Å²) in [5.41, 5.74) is 7.72. The molecule has 0 saturated carbocycles. The largest absolute Gasteiger partial charge is 0.490 e. The molecule has 4 nitrogen and oxygen atoms in total. The first-order valence-corrected chi connectivity index (χ1v) is 7.99. The molecule has 23 heavy (non-hydrogen) atoms. The van der Waals surface area contributed by atoms with Crippen molar-refractivity contribution >= 4 is 11.6 Å². The quantitative estimate of drug-likeness (QED) is 0.742. The number of rotatable bonds is 8. The van der Waals surface area contributed by atoms with E-state index in [0.717, 1.165) is 16.9 Å². The van der Waals surface area contributed by atoms with Crippen LogP contribution in [0.25, 0.3) is 0 Å². The third kappa shape index (κ3) is 5.05. The van der Waals surface area contributed by atoms with E-state index in [9.17, 15) is 0 Å². The van der Waals surface area contributed by atoms with E-state index in [2.05, 4.69) is 0 Å². The molecule has 0 aromatic heterocycles. The maximum Gasteiger partial charge on any atom is 0.179 e. The van der Waals surface area contributed by atoms with Crippen molar-refractivity contribution in [1.82, 2.24) is 0 Å². The summed E-state index contributed by atoms with van der Waals surface area (Å²) >= 11 is 6.26. The normalized spacial score (nSPS) is 10.4. The average Bonchev–Trinajstić information content (AvgIpc) is 2.53. The van der Waals surface area contributed by atoms with Crippen LogP contribution in [-0.2, 0) is 6.54 Å². The van der Waals surface area contributed by atoms with Gasteiger partial charge in [0.25, 0.3) is 0 Å². The molecule has 0 unspecified atom stereocenters. The van der Waals surface area contributed by atoms with E-state index >= 15 is 0 Å². The highest BCUT2D eigenvalue weighted by Gasteiger charge is 2.12. The molecule has 2 aromatic carbocycles. The van der Waals surface area contributed by atoms with Gasteiger partial charge in [0.05, 0.1) is 11.6 Å². The molecule has 0 bridgehead atoms. The van der Waals surface area contributed by atoms with E-state index in [0.29, 0.717) is 42.9 Å². The second-order valence-electron chi connectivity index (χ2n) is 5.06. The predicted molar refractivity (Wildman–Crippen MR) is 92.7 cm³/mol. The Morgan fingerprint density at radius 1 is 1.04 bits per heavy atom. The molecule has 0 aliphatic carbocycles. The maximum atomic E-state index is 6.26. The molecule has 2 N–H and O–H groups in total. The first-order valence-electron chi connectivity index (χ1n) is 7.61. The summed E-state index contributed by atoms with van der Waals surface area (Å²) in [4.78, 5) is 0. The molecule has 5 heteroatoms. The zero-order chi connectivity index (χ0) is 16.7. The summed E-state index contributed by atoms with van der Waals surface area (Å²) < 4.78 is 17.0. The van der Waals surface area contributed by atoms with Crippen LogP contribution in [0.4, 0.5) is 0 Å². The standard InChI is InChI=1S/C18H22ClNO3/c1-3-21-17-11-14(12-20)10-16(19)18(17)23-8-7-22-15-6-4-5-13(2)9-15/h4-6,9-11H,3,7-8,12,20H2,1-2H3. The van der Waals surface area contributed by atoms with Crippen molar-refractivity contribution in [1.29, 1.82) is 0 Å². The molecular formula is C18H22ClNO3. The Kier molecular flexibility index (Phi) is 6.56. The number of ether oxygens (including phenoxy) is 3. The SMILES string of the molecule is CCOc1cc(CN)cc(Cl)c1OCCOc1cccc(C)c1. The molecule has 0 spiro atoms. The zero-order valence-electron chi connectivity index (χ0n) is 13.5. The van der Waals surface area contributed by atoms with Crippen molar-refractivity contribution in [3.63, 3.8) is 0 Å². The maximum absolute atomic E-state index is 6.26. The van der Waals surface area contributed by atoms with E-state index in [4.69, 9.17) is 31.5 Å². The van der Waals surface area contributed by atoms with E-state index in [-0.39, 0.29) is 0 Å². The van der Waals surface area contributed by atoms with Gasteiger partial charge in [0.1, 0.15) is 19.0 Å². The number of nitrogens with two attached hydrogens (primary N) is 1. The lowest BCUT2D eigenvalue weighted by molar-refractivity contribution is 0.208. The molecule has 0 fully saturated rings. The van der Waals surface area contributed by atoms with Crippen molar-refractivity contribution in [3.8, 4) is 17.2 Å². The highest BCUT2D eigenvalue weighted by atomic mass is 35.5. The molecule has 0 radical (unpaired) electrons. The van der Waals surface area contributed by atoms with Crippen molar-refractivity contribution < 1.29 is 14.2 Å². The number of benzene rings is 2. The van der Waals surface area contributed by atoms with E-state index in [1.165, 1.54) is 0 Å². The molecule has 2 rings (SSSR count). The molecule has 0 atom stereocenters. The van der Waals surface area contributed by atoms with Crippen molar-refractivity contribution in [2.75, 3.05) is 19.8 Å². The number of aryl methyl sites for hydroxylation is 1. The van der Waals surface area contributed by atoms with Gasteiger partial charge >= 0.3 is 0 Å². The molecule has 0 aliphatic rings. The number of hydrogen-bond acceptors (Lipinski definition) is 4. The summed E-state index contributed by atoms with van der Waals surface area (Å²) in [5, 5.41) is 0.493. The molecule has 0 amide bonds. The fraction of sp³-hybridized carbons (Fsp3) is 0.333. The molecular weight excluding hydrogens is 314 g/mol. The number of halogens is 1. The monoisotopic (exact) mass is 335 g/mol. The fourth-order valence-corrected chi connectivity index (χ4v) is 2.44. The minimum Gasteiger partial charge on any atom is -0.490 e. The number of hydrogen-bond donors (Lipinski definition) is 1. The second kappa shape index (κ2) is 8.65. The minimum absolute atomic E-state index is 0.371. The van der Waals surface area contributed by atoms with Gasteiger partial charge in [0.15, 0.2) is 11.5 Å². The van der Waals surface area contributed by atoms with Gasteiger partial charge in [0.2, 0.25) is 0 Å². The molecule has 0 aliphatic heterocycles. The predicted octanol–water partition coefficient (Wildman–Crippen LogP) is 3.96. The average molecular weight is 336 g/mol. The lowest BCUT2D eigenvalue weighted by atomic mass is 10.2. The van der Waals surface area contributed by atoms with Crippen LogP contribution in [0.3, 0.4) is 0 Å². The van der Waals surface area contributed by atoms with Crippen LogP contribution in [0.2, 0.25) is 5.02 Å². The summed E-state index contributed by atoms with van der Waals surface area (Å²) in [6.07, 6.45) is 0. The zero-order valence-corrected chi connectivity index (χ0v) is 14.2. The third-order valence-corrected chi connectivity index (χ3v) is 3.47. The molecule has 0 saturated heterocycles. The lowest BCUT2D eigenvalue weighted by Crippen LogP contribution is -2.10. The van der Waals surface area contributed by atoms with Crippen LogP contribution in [0, 0.1) is 6.92 Å². The van der Waals surface area contributed by atoms with Gasteiger partial charge in [-0.3, -0.25) is 0 Å². The van der Waals surface area contributed by atoms with Crippen LogP contribution < -0.4 is 19.9 Å². The van der Waals surface area contributed by atoms with Gasteiger partial charge in [-0.05, 0) is 49.2 Å². The Balaban J connectivity index is 1.96. The summed E-state index contributed by atoms with van der Waals surface area (Å²) in [5.74, 6) is 1.96. The summed E-state index contributed by atoms with van der Waals surface area (Å²) in [6.45, 7) is 5.65. The van der Waals surface area contributed by atoms with E-state index < -0.39 is 0 Å². The van der Waals surface area contributed by atoms with E-state index in [1.807, 2.05) is 44.2 Å². The van der Waals surface area contributed by atoms with E-state index in [1.54, 1.807) is 6.07 Å². The fourth-order valence-electron chi connectivity index (χ4n) is 2.15. The lowest BCUT2D eigenvalue weighted by Gasteiger charge is -2.15. The topological polar surface area (TPSA) is 53.7 Å². The Bertz CT molecular complexity index is 646. The van der Waals surface area contributed by atoms with Gasteiger partial charge in [-0.2, -0.15) is 0 Å². The molecule has 0 heterocycles. The van der Waals surface area contributed by atoms with Crippen molar-refractivity contribution in [2.24, 2.45) is 5.73 Å². The highest BCUT2D eigenvalue weighted by Crippen LogP contribution is 2.36. The Morgan fingerprint density at radius 2 is 1.83 bits per heavy atom. The Labute approximate surface area is 142 Å². The first kappa shape index (κ1) is 17.4. The van der Waals surface area contributed by atoms with Crippen LogP contribution in [0.5, 0.6) is 17.2 Å². The van der Waals surface area contributed by atoms with Crippen molar-refractivity contribution in [3.05, 3.63) is 52.5 Å². The van der Waals surface area contributed by atoms with Crippen LogP contribution >= 0.6 is 11.6 Å². The third-order valence-electron chi connectivity index (χ3n) is 3.19. The second-order valence-corrected chi connectivity index (χ2v) is 5.46. The van der Waals surface area contributed by atoms with Gasteiger partial charge < -0.3 is 19.9 Å². The highest BCUT2D eigenvalue weighted by molar-refractivity contribution is 6.32. The van der Waals surface area contributed by atoms with Crippen molar-refractivity contribution in [2.45, 2.75) is 20.4 Å². The molecule has 124 valence electrons. The molecule has 2 aromatic rings. The first-order chi connectivity index (χ1) is 11.1. The van der Waals surface area contributed by atoms with Gasteiger partial charge in [-0.15, -0.1) is 0 Å². The summed E-state index contributed by atoms with van der Waals surface area (Å²) in [6, 6.07) is 11.5. The Hall–Kier alpha value is -1.91. The Morgan fingerprint density at radius 3 is 2.52 bits per heavy atom. The van der Waals surface area contributed by atoms with Gasteiger partial charge in [-0.1, -0.05) is 23.7 Å². The summed E-state index contributed by atoms with van der Waals surface area (Å²) in [7, 11) is 0. The smallest absolute Gasteiger partial charge is 0.179 e. The minimum atomic E-state index is 0.371. The van der Waals surface area contributed by atoms with Crippen LogP contribution in [0.1, 0.15) is 18.1 Å². The van der Waals surface area contributed by atoms with Gasteiger partial charge in [-0.25, -0.2) is 0 Å². The van der Waals surface area contributed by atoms with Gasteiger partial charge in [0, 0.05) is 6.54 Å². The van der Waals surface area contributed by atoms with Crippen LogP contribution in [0.15, 0.2) is 36.4 Å². The van der Waals surface area contributed by atoms with Crippen LogP contribution in [-0.4, -0.2) is 19.8 Å².